The van der Waals surface area contributed by atoms with Gasteiger partial charge >= 0.3 is 0 Å². The van der Waals surface area contributed by atoms with E-state index >= 15 is 0 Å². The van der Waals surface area contributed by atoms with Crippen LogP contribution in [-0.2, 0) is 0 Å². The van der Waals surface area contributed by atoms with E-state index in [-0.39, 0.29) is 10.6 Å². The fourth-order valence-electron chi connectivity index (χ4n) is 1.17. The van der Waals surface area contributed by atoms with E-state index < -0.39 is 11.7 Å². The highest BCUT2D eigenvalue weighted by Crippen LogP contribution is 2.25. The predicted octanol–water partition coefficient (Wildman–Crippen LogP) is 3.77. The van der Waals surface area contributed by atoms with Gasteiger partial charge in [-0.05, 0) is 34.5 Å². The van der Waals surface area contributed by atoms with E-state index in [1.54, 1.807) is 0 Å². The Morgan fingerprint density at radius 3 is 2.88 bits per heavy atom. The summed E-state index contributed by atoms with van der Waals surface area (Å²) in [7, 11) is 0. The van der Waals surface area contributed by atoms with Crippen molar-refractivity contribution < 1.29 is 9.18 Å². The van der Waals surface area contributed by atoms with Crippen molar-refractivity contribution in [3.63, 3.8) is 0 Å². The van der Waals surface area contributed by atoms with Crippen LogP contribution >= 0.6 is 27.5 Å². The molecular weight excluding hydrogens is 296 g/mol. The van der Waals surface area contributed by atoms with Gasteiger partial charge < -0.3 is 5.32 Å². The Morgan fingerprint density at radius 2 is 2.25 bits per heavy atom. The second-order valence-corrected chi connectivity index (χ2v) is 4.62. The average molecular weight is 309 g/mol. The van der Waals surface area contributed by atoms with Crippen LogP contribution < -0.4 is 5.32 Å². The average Bonchev–Trinajstić information content (AvgIpc) is 2.23. The van der Waals surface area contributed by atoms with Crippen molar-refractivity contribution in [1.82, 2.24) is 5.32 Å². The van der Waals surface area contributed by atoms with Gasteiger partial charge in [-0.1, -0.05) is 24.9 Å². The first kappa shape index (κ1) is 13.5. The lowest BCUT2D eigenvalue weighted by Crippen LogP contribution is -2.25. The molecule has 0 unspecified atom stereocenters. The normalized spacial score (nSPS) is 10.2. The highest BCUT2D eigenvalue weighted by Gasteiger charge is 2.13. The fourth-order valence-corrected chi connectivity index (χ4v) is 1.66. The van der Waals surface area contributed by atoms with E-state index in [0.717, 1.165) is 18.9 Å². The maximum Gasteiger partial charge on any atom is 0.254 e. The number of carbonyl (C=O) groups is 1. The number of hydrogen-bond donors (Lipinski definition) is 1. The van der Waals surface area contributed by atoms with Gasteiger partial charge in [-0.2, -0.15) is 0 Å². The third kappa shape index (κ3) is 3.46. The number of amides is 1. The van der Waals surface area contributed by atoms with Crippen LogP contribution in [0.3, 0.4) is 0 Å². The third-order valence-electron chi connectivity index (χ3n) is 2.07. The number of hydrogen-bond acceptors (Lipinski definition) is 1. The molecule has 0 aromatic heterocycles. The van der Waals surface area contributed by atoms with Crippen LogP contribution in [0.15, 0.2) is 16.6 Å². The van der Waals surface area contributed by atoms with Crippen LogP contribution in [-0.4, -0.2) is 12.5 Å². The highest BCUT2D eigenvalue weighted by molar-refractivity contribution is 9.10. The first-order chi connectivity index (χ1) is 7.56. The molecule has 0 saturated heterocycles. The zero-order chi connectivity index (χ0) is 12.1. The molecule has 0 radical (unpaired) electrons. The van der Waals surface area contributed by atoms with E-state index in [0.29, 0.717) is 11.0 Å². The van der Waals surface area contributed by atoms with Gasteiger partial charge in [-0.25, -0.2) is 4.39 Å². The lowest BCUT2D eigenvalue weighted by Gasteiger charge is -2.06. The van der Waals surface area contributed by atoms with Crippen molar-refractivity contribution in [2.45, 2.75) is 19.8 Å². The zero-order valence-corrected chi connectivity index (χ0v) is 11.2. The summed E-state index contributed by atoms with van der Waals surface area (Å²) in [5, 5.41) is 2.90. The van der Waals surface area contributed by atoms with E-state index in [1.807, 2.05) is 6.92 Å². The minimum Gasteiger partial charge on any atom is -0.352 e. The topological polar surface area (TPSA) is 29.1 Å². The molecule has 0 bridgehead atoms. The Kier molecular flexibility index (Phi) is 5.22. The van der Waals surface area contributed by atoms with Crippen LogP contribution in [0.1, 0.15) is 30.1 Å². The number of rotatable bonds is 4. The lowest BCUT2D eigenvalue weighted by molar-refractivity contribution is 0.0949. The quantitative estimate of drug-likeness (QED) is 0.666. The van der Waals surface area contributed by atoms with Gasteiger partial charge in [0, 0.05) is 11.0 Å². The van der Waals surface area contributed by atoms with E-state index in [9.17, 15) is 9.18 Å². The standard InChI is InChI=1S/C11H12BrClFNO/c1-2-3-4-15-11(16)7-5-8(12)9(13)6-10(7)14/h5-6H,2-4H2,1H3,(H,15,16). The molecule has 0 heterocycles. The van der Waals surface area contributed by atoms with Gasteiger partial charge in [0.25, 0.3) is 5.91 Å². The fraction of sp³-hybridized carbons (Fsp3) is 0.364. The summed E-state index contributed by atoms with van der Waals surface area (Å²) in [5.41, 5.74) is 0.00683. The molecule has 1 aromatic carbocycles. The second kappa shape index (κ2) is 6.21. The molecule has 5 heteroatoms. The van der Waals surface area contributed by atoms with Crippen molar-refractivity contribution in [2.75, 3.05) is 6.54 Å². The predicted molar refractivity (Wildman–Crippen MR) is 66.4 cm³/mol. The van der Waals surface area contributed by atoms with Crippen LogP contribution in [0, 0.1) is 5.82 Å². The summed E-state index contributed by atoms with van der Waals surface area (Å²) in [5.74, 6) is -1.02. The molecule has 1 N–H and O–H groups in total. The van der Waals surface area contributed by atoms with Gasteiger partial charge in [0.05, 0.1) is 10.6 Å². The largest absolute Gasteiger partial charge is 0.352 e. The Bertz CT molecular complexity index is 398. The van der Waals surface area contributed by atoms with Gasteiger partial charge in [0.2, 0.25) is 0 Å². The molecule has 0 aliphatic rings. The smallest absolute Gasteiger partial charge is 0.254 e. The molecule has 1 rings (SSSR count). The lowest BCUT2D eigenvalue weighted by atomic mass is 10.2. The summed E-state index contributed by atoms with van der Waals surface area (Å²) in [6, 6.07) is 2.51. The van der Waals surface area contributed by atoms with Crippen molar-refractivity contribution in [1.29, 1.82) is 0 Å². The van der Waals surface area contributed by atoms with Gasteiger partial charge in [-0.15, -0.1) is 0 Å². The van der Waals surface area contributed by atoms with Crippen LogP contribution in [0.4, 0.5) is 4.39 Å². The molecule has 0 saturated carbocycles. The molecule has 0 aliphatic heterocycles. The van der Waals surface area contributed by atoms with Crippen molar-refractivity contribution in [2.24, 2.45) is 0 Å². The first-order valence-electron chi connectivity index (χ1n) is 4.99. The summed E-state index contributed by atoms with van der Waals surface area (Å²) in [6.45, 7) is 2.57. The maximum atomic E-state index is 13.4. The number of halogens is 3. The SMILES string of the molecule is CCCCNC(=O)c1cc(Br)c(Cl)cc1F. The van der Waals surface area contributed by atoms with Gasteiger partial charge in [-0.3, -0.25) is 4.79 Å². The molecular formula is C11H12BrClFNO. The van der Waals surface area contributed by atoms with Crippen LogP contribution in [0.2, 0.25) is 5.02 Å². The minimum atomic E-state index is -0.609. The summed E-state index contributed by atoms with van der Waals surface area (Å²) >= 11 is 8.85. The molecule has 0 spiro atoms. The highest BCUT2D eigenvalue weighted by atomic mass is 79.9. The third-order valence-corrected chi connectivity index (χ3v) is 3.27. The number of nitrogens with one attached hydrogen (secondary N) is 1. The maximum absolute atomic E-state index is 13.4. The number of unbranched alkanes of at least 4 members (excludes halogenated alkanes) is 1. The molecule has 1 amide bonds. The van der Waals surface area contributed by atoms with Gasteiger partial charge in [0.15, 0.2) is 0 Å². The van der Waals surface area contributed by atoms with E-state index in [4.69, 9.17) is 11.6 Å². The Balaban J connectivity index is 2.79. The minimum absolute atomic E-state index is 0.00683. The van der Waals surface area contributed by atoms with E-state index in [2.05, 4.69) is 21.2 Å². The second-order valence-electron chi connectivity index (χ2n) is 3.36. The van der Waals surface area contributed by atoms with Crippen LogP contribution in [0.5, 0.6) is 0 Å². The Labute approximate surface area is 107 Å². The number of benzene rings is 1. The molecule has 88 valence electrons. The van der Waals surface area contributed by atoms with Crippen LogP contribution in [0.25, 0.3) is 0 Å². The van der Waals surface area contributed by atoms with Crippen molar-refractivity contribution >= 4 is 33.4 Å². The monoisotopic (exact) mass is 307 g/mol. The molecule has 0 fully saturated rings. The van der Waals surface area contributed by atoms with Crippen molar-refractivity contribution in [3.05, 3.63) is 33.0 Å². The van der Waals surface area contributed by atoms with Crippen molar-refractivity contribution in [3.8, 4) is 0 Å². The molecule has 2 nitrogen and oxygen atoms in total. The zero-order valence-electron chi connectivity index (χ0n) is 8.82. The summed E-state index contributed by atoms with van der Waals surface area (Å²) in [4.78, 5) is 11.6. The molecule has 0 aliphatic carbocycles. The Morgan fingerprint density at radius 1 is 1.56 bits per heavy atom. The summed E-state index contributed by atoms with van der Waals surface area (Å²) < 4.78 is 13.9. The first-order valence-corrected chi connectivity index (χ1v) is 6.16. The molecule has 1 aromatic rings. The molecule has 0 atom stereocenters. The van der Waals surface area contributed by atoms with E-state index in [1.165, 1.54) is 6.07 Å². The number of carbonyl (C=O) groups excluding carboxylic acids is 1. The Hall–Kier alpha value is -0.610. The molecule has 16 heavy (non-hydrogen) atoms. The summed E-state index contributed by atoms with van der Waals surface area (Å²) in [6.07, 6.45) is 1.86. The van der Waals surface area contributed by atoms with Gasteiger partial charge in [0.1, 0.15) is 5.82 Å².